The molecule has 0 bridgehead atoms. The summed E-state index contributed by atoms with van der Waals surface area (Å²) >= 11 is 0. The normalized spacial score (nSPS) is 17.1. The lowest BCUT2D eigenvalue weighted by atomic mass is 9.78. The molecule has 2 aromatic carbocycles. The minimum atomic E-state index is 0.00906. The smallest absolute Gasteiger partial charge is 0.245 e. The van der Waals surface area contributed by atoms with Gasteiger partial charge in [0.15, 0.2) is 0 Å². The maximum Gasteiger partial charge on any atom is 0.245 e. The van der Waals surface area contributed by atoms with Crippen LogP contribution in [-0.2, 0) is 11.8 Å². The van der Waals surface area contributed by atoms with Gasteiger partial charge in [-0.25, -0.2) is 0 Å². The monoisotopic (exact) mass is 411 g/mol. The fourth-order valence-corrected chi connectivity index (χ4v) is 5.28. The molecule has 0 atom stereocenters. The van der Waals surface area contributed by atoms with Crippen LogP contribution in [0.25, 0.3) is 22.0 Å². The first-order valence-electron chi connectivity index (χ1n) is 10.6. The van der Waals surface area contributed by atoms with E-state index < -0.39 is 0 Å². The van der Waals surface area contributed by atoms with E-state index in [9.17, 15) is 10.1 Å². The van der Waals surface area contributed by atoms with Crippen LogP contribution in [0.15, 0.2) is 49.2 Å². The van der Waals surface area contributed by atoms with E-state index in [1.54, 1.807) is 0 Å². The van der Waals surface area contributed by atoms with Gasteiger partial charge in [-0.1, -0.05) is 30.8 Å². The molecule has 0 unspecified atom stereocenters. The molecule has 6 nitrogen and oxygen atoms in total. The topological polar surface area (TPSA) is 65.2 Å². The fraction of sp³-hybridized carbons (Fsp3) is 0.320. The zero-order valence-corrected chi connectivity index (χ0v) is 17.9. The SMILES string of the molecule is C=CC(=O)N1CCC2(C1)CN(c1cccc(-c3c(C)ccc4cnn(C)c34)c1C#N)C2. The van der Waals surface area contributed by atoms with Crippen molar-refractivity contribution >= 4 is 22.5 Å². The molecular formula is C25H25N5O. The molecular weight excluding hydrogens is 386 g/mol. The van der Waals surface area contributed by atoms with Gasteiger partial charge in [0.05, 0.1) is 23.0 Å². The molecule has 2 saturated heterocycles. The molecule has 1 amide bonds. The Morgan fingerprint density at radius 1 is 1.26 bits per heavy atom. The van der Waals surface area contributed by atoms with E-state index in [-0.39, 0.29) is 11.3 Å². The van der Waals surface area contributed by atoms with Crippen LogP contribution in [0.4, 0.5) is 5.69 Å². The third-order valence-electron chi connectivity index (χ3n) is 6.85. The molecule has 2 aliphatic rings. The summed E-state index contributed by atoms with van der Waals surface area (Å²) in [6.07, 6.45) is 4.26. The number of likely N-dealkylation sites (tertiary alicyclic amines) is 1. The predicted octanol–water partition coefficient (Wildman–Crippen LogP) is 3.65. The average Bonchev–Trinajstić information content (AvgIpc) is 3.36. The van der Waals surface area contributed by atoms with Crippen LogP contribution in [0, 0.1) is 23.7 Å². The first-order valence-corrected chi connectivity index (χ1v) is 10.6. The number of benzene rings is 2. The zero-order valence-electron chi connectivity index (χ0n) is 17.9. The van der Waals surface area contributed by atoms with E-state index in [1.165, 1.54) is 6.08 Å². The van der Waals surface area contributed by atoms with Gasteiger partial charge < -0.3 is 9.80 Å². The quantitative estimate of drug-likeness (QED) is 0.617. The van der Waals surface area contributed by atoms with Crippen molar-refractivity contribution < 1.29 is 4.79 Å². The Bertz CT molecular complexity index is 1260. The Morgan fingerprint density at radius 3 is 2.81 bits per heavy atom. The van der Waals surface area contributed by atoms with Crippen LogP contribution in [-0.4, -0.2) is 46.8 Å². The molecule has 2 aliphatic heterocycles. The Balaban J connectivity index is 1.51. The highest BCUT2D eigenvalue weighted by Crippen LogP contribution is 2.45. The second-order valence-electron chi connectivity index (χ2n) is 8.84. The van der Waals surface area contributed by atoms with Gasteiger partial charge in [-0.2, -0.15) is 10.4 Å². The molecule has 1 spiro atoms. The molecule has 5 rings (SSSR count). The first-order chi connectivity index (χ1) is 15.0. The Hall–Kier alpha value is -3.59. The fourth-order valence-electron chi connectivity index (χ4n) is 5.28. The van der Waals surface area contributed by atoms with Crippen LogP contribution in [0.5, 0.6) is 0 Å². The number of carbonyl (C=O) groups excluding carboxylic acids is 1. The summed E-state index contributed by atoms with van der Waals surface area (Å²) in [4.78, 5) is 16.2. The third-order valence-corrected chi connectivity index (χ3v) is 6.85. The van der Waals surface area contributed by atoms with Crippen molar-refractivity contribution in [2.75, 3.05) is 31.1 Å². The van der Waals surface area contributed by atoms with E-state index in [4.69, 9.17) is 0 Å². The number of fused-ring (bicyclic) bond motifs is 1. The van der Waals surface area contributed by atoms with Gasteiger partial charge in [0, 0.05) is 55.2 Å². The number of aryl methyl sites for hydroxylation is 2. The van der Waals surface area contributed by atoms with Crippen molar-refractivity contribution in [2.45, 2.75) is 13.3 Å². The van der Waals surface area contributed by atoms with E-state index in [2.05, 4.69) is 41.7 Å². The molecule has 6 heteroatoms. The highest BCUT2D eigenvalue weighted by atomic mass is 16.2. The Kier molecular flexibility index (Phi) is 4.37. The lowest BCUT2D eigenvalue weighted by molar-refractivity contribution is -0.125. The Morgan fingerprint density at radius 2 is 2.06 bits per heavy atom. The minimum absolute atomic E-state index is 0.00906. The predicted molar refractivity (Wildman–Crippen MR) is 122 cm³/mol. The number of rotatable bonds is 3. The lowest BCUT2D eigenvalue weighted by Crippen LogP contribution is -2.58. The van der Waals surface area contributed by atoms with Crippen molar-refractivity contribution in [1.29, 1.82) is 5.26 Å². The number of nitriles is 1. The van der Waals surface area contributed by atoms with E-state index in [1.807, 2.05) is 41.0 Å². The van der Waals surface area contributed by atoms with Gasteiger partial charge >= 0.3 is 0 Å². The van der Waals surface area contributed by atoms with Gasteiger partial charge in [-0.15, -0.1) is 0 Å². The van der Waals surface area contributed by atoms with Gasteiger partial charge in [0.25, 0.3) is 0 Å². The summed E-state index contributed by atoms with van der Waals surface area (Å²) in [5, 5.41) is 15.6. The number of anilines is 1. The second-order valence-corrected chi connectivity index (χ2v) is 8.84. The number of hydrogen-bond donors (Lipinski definition) is 0. The standard InChI is InChI=1S/C25H25N5O/c1-4-22(31)29-11-10-25(14-29)15-30(16-25)21-7-5-6-19(20(21)12-26)23-17(2)8-9-18-13-27-28(3)24(18)23/h4-9,13H,1,10-11,14-16H2,2-3H3. The summed E-state index contributed by atoms with van der Waals surface area (Å²) in [5.74, 6) is 0.00906. The van der Waals surface area contributed by atoms with Gasteiger partial charge in [-0.3, -0.25) is 9.48 Å². The summed E-state index contributed by atoms with van der Waals surface area (Å²) < 4.78 is 1.88. The molecule has 156 valence electrons. The average molecular weight is 412 g/mol. The number of nitrogens with zero attached hydrogens (tertiary/aromatic N) is 5. The van der Waals surface area contributed by atoms with Crippen molar-refractivity contribution in [3.63, 3.8) is 0 Å². The molecule has 3 aromatic rings. The van der Waals surface area contributed by atoms with Crippen molar-refractivity contribution in [3.05, 3.63) is 60.3 Å². The highest BCUT2D eigenvalue weighted by molar-refractivity contribution is 5.98. The molecule has 3 heterocycles. The molecule has 2 fully saturated rings. The highest BCUT2D eigenvalue weighted by Gasteiger charge is 2.49. The van der Waals surface area contributed by atoms with Gasteiger partial charge in [0.2, 0.25) is 5.91 Å². The largest absolute Gasteiger partial charge is 0.369 e. The molecule has 0 saturated carbocycles. The summed E-state index contributed by atoms with van der Waals surface area (Å²) in [5.41, 5.74) is 5.97. The second kappa shape index (κ2) is 6.98. The number of hydrogen-bond acceptors (Lipinski definition) is 4. The van der Waals surface area contributed by atoms with Crippen LogP contribution in [0.3, 0.4) is 0 Å². The number of carbonyl (C=O) groups is 1. The molecule has 0 radical (unpaired) electrons. The maximum absolute atomic E-state index is 12.0. The summed E-state index contributed by atoms with van der Waals surface area (Å²) in [6.45, 7) is 8.96. The van der Waals surface area contributed by atoms with E-state index >= 15 is 0 Å². The van der Waals surface area contributed by atoms with Crippen molar-refractivity contribution in [1.82, 2.24) is 14.7 Å². The molecule has 1 aromatic heterocycles. The van der Waals surface area contributed by atoms with Crippen LogP contribution in [0.2, 0.25) is 0 Å². The van der Waals surface area contributed by atoms with Gasteiger partial charge in [0.1, 0.15) is 6.07 Å². The molecule has 31 heavy (non-hydrogen) atoms. The number of amides is 1. The van der Waals surface area contributed by atoms with Crippen LogP contribution < -0.4 is 4.90 Å². The van der Waals surface area contributed by atoms with Crippen molar-refractivity contribution in [3.8, 4) is 17.2 Å². The molecule has 0 aliphatic carbocycles. The molecule has 0 N–H and O–H groups in total. The van der Waals surface area contributed by atoms with Crippen LogP contribution in [0.1, 0.15) is 17.5 Å². The maximum atomic E-state index is 12.0. The first kappa shape index (κ1) is 19.4. The van der Waals surface area contributed by atoms with Crippen LogP contribution >= 0.6 is 0 Å². The zero-order chi connectivity index (χ0) is 21.8. The lowest BCUT2D eigenvalue weighted by Gasteiger charge is -2.49. The number of aromatic nitrogens is 2. The van der Waals surface area contributed by atoms with E-state index in [0.29, 0.717) is 5.56 Å². The van der Waals surface area contributed by atoms with Crippen molar-refractivity contribution in [2.24, 2.45) is 12.5 Å². The summed E-state index contributed by atoms with van der Waals surface area (Å²) in [6, 6.07) is 12.8. The Labute approximate surface area is 182 Å². The summed E-state index contributed by atoms with van der Waals surface area (Å²) in [7, 11) is 1.94. The van der Waals surface area contributed by atoms with Gasteiger partial charge in [-0.05, 0) is 31.1 Å². The minimum Gasteiger partial charge on any atom is -0.369 e. The third kappa shape index (κ3) is 2.92. The van der Waals surface area contributed by atoms with E-state index in [0.717, 1.165) is 65.9 Å².